The van der Waals surface area contributed by atoms with E-state index < -0.39 is 11.7 Å². The first-order chi connectivity index (χ1) is 15.1. The summed E-state index contributed by atoms with van der Waals surface area (Å²) in [4.78, 5) is 11.1. The zero-order valence-electron chi connectivity index (χ0n) is 20.2. The van der Waals surface area contributed by atoms with Crippen LogP contribution in [0.5, 0.6) is 0 Å². The molecule has 0 heterocycles. The molecule has 4 aliphatic carbocycles. The minimum absolute atomic E-state index is 0.240. The lowest BCUT2D eigenvalue weighted by Gasteiger charge is -2.43. The molecule has 2 N–H and O–H groups in total. The minimum atomic E-state index is -0.661. The van der Waals surface area contributed by atoms with Crippen LogP contribution in [0, 0.1) is 21.7 Å². The van der Waals surface area contributed by atoms with Gasteiger partial charge in [0.15, 0.2) is 0 Å². The zero-order chi connectivity index (χ0) is 23.1. The molecule has 0 amide bonds. The van der Waals surface area contributed by atoms with Crippen LogP contribution < -0.4 is 0 Å². The number of aliphatic hydroxyl groups is 2. The first kappa shape index (κ1) is 23.6. The fourth-order valence-corrected chi connectivity index (χ4v) is 6.85. The highest BCUT2D eigenvalue weighted by atomic mass is 16.3. The molecule has 176 valence electrons. The molecular formula is C28H41NO3. The lowest BCUT2D eigenvalue weighted by atomic mass is 9.61. The quantitative estimate of drug-likeness (QED) is 0.349. The Morgan fingerprint density at radius 2 is 2.03 bits per heavy atom. The Morgan fingerprint density at radius 1 is 1.28 bits per heavy atom. The molecule has 4 atom stereocenters. The van der Waals surface area contributed by atoms with Crippen molar-refractivity contribution in [2.45, 2.75) is 109 Å². The summed E-state index contributed by atoms with van der Waals surface area (Å²) >= 11 is 0. The van der Waals surface area contributed by atoms with E-state index in [9.17, 15) is 15.1 Å². The van der Waals surface area contributed by atoms with Crippen LogP contribution in [0.15, 0.2) is 52.3 Å². The van der Waals surface area contributed by atoms with Gasteiger partial charge in [-0.25, -0.2) is 0 Å². The molecule has 0 unspecified atom stereocenters. The van der Waals surface area contributed by atoms with E-state index >= 15 is 0 Å². The molecule has 3 fully saturated rings. The van der Waals surface area contributed by atoms with E-state index in [1.807, 2.05) is 13.8 Å². The molecule has 0 radical (unpaired) electrons. The van der Waals surface area contributed by atoms with Gasteiger partial charge in [-0.15, -0.1) is 0 Å². The van der Waals surface area contributed by atoms with Crippen molar-refractivity contribution < 1.29 is 10.2 Å². The van der Waals surface area contributed by atoms with Crippen LogP contribution in [-0.4, -0.2) is 28.0 Å². The second kappa shape index (κ2) is 8.68. The maximum Gasteiger partial charge on any atom is 0.0987 e. The van der Waals surface area contributed by atoms with Gasteiger partial charge >= 0.3 is 0 Å². The van der Waals surface area contributed by atoms with Gasteiger partial charge in [0.05, 0.1) is 17.7 Å². The van der Waals surface area contributed by atoms with Crippen molar-refractivity contribution in [2.24, 2.45) is 21.9 Å². The molecule has 0 aromatic rings. The third-order valence-corrected chi connectivity index (χ3v) is 8.83. The fourth-order valence-electron chi connectivity index (χ4n) is 6.85. The predicted octanol–water partition coefficient (Wildman–Crippen LogP) is 6.54. The lowest BCUT2D eigenvalue weighted by molar-refractivity contribution is 0.0664. The van der Waals surface area contributed by atoms with Gasteiger partial charge in [-0.2, -0.15) is 4.91 Å². The van der Waals surface area contributed by atoms with Crippen LogP contribution in [0.3, 0.4) is 0 Å². The summed E-state index contributed by atoms with van der Waals surface area (Å²) in [6.45, 7) is 10.4. The van der Waals surface area contributed by atoms with Crippen molar-refractivity contribution in [3.8, 4) is 0 Å². The largest absolute Gasteiger partial charge is 0.390 e. The van der Waals surface area contributed by atoms with E-state index in [4.69, 9.17) is 0 Å². The number of nitrogens with zero attached hydrogens (tertiary/aromatic N) is 1. The van der Waals surface area contributed by atoms with Crippen LogP contribution >= 0.6 is 0 Å². The third-order valence-electron chi connectivity index (χ3n) is 8.83. The Bertz CT molecular complexity index is 854. The monoisotopic (exact) mass is 439 g/mol. The normalized spacial score (nSPS) is 36.8. The summed E-state index contributed by atoms with van der Waals surface area (Å²) in [6, 6.07) is -0.352. The molecule has 4 nitrogen and oxygen atoms in total. The first-order valence-electron chi connectivity index (χ1n) is 12.6. The smallest absolute Gasteiger partial charge is 0.0987 e. The standard InChI is InChI=1S/C28H41NO3/c1-19-21(17-22(29-32)18-24(19)30)9-8-20-7-5-13-27(4)23(20)10-11-25(27)28(15-16-28)14-6-12-26(2,3)31/h8-9,11,22-24,30-31H,1,5-7,10,12-18H2,2-4H3/b20-8+,21-9-/t22-,23+,24+,27+/m1/s1. The van der Waals surface area contributed by atoms with Crippen molar-refractivity contribution >= 4 is 0 Å². The summed E-state index contributed by atoms with van der Waals surface area (Å²) < 4.78 is 0. The molecular weight excluding hydrogens is 398 g/mol. The second-order valence-corrected chi connectivity index (χ2v) is 11.8. The Labute approximate surface area is 193 Å². The Hall–Kier alpha value is -1.52. The van der Waals surface area contributed by atoms with Gasteiger partial charge in [-0.3, -0.25) is 0 Å². The minimum Gasteiger partial charge on any atom is -0.390 e. The molecule has 4 heteroatoms. The second-order valence-electron chi connectivity index (χ2n) is 11.8. The molecule has 0 aromatic carbocycles. The fraction of sp³-hybridized carbons (Fsp3) is 0.714. The number of aliphatic hydroxyl groups excluding tert-OH is 1. The Morgan fingerprint density at radius 3 is 2.69 bits per heavy atom. The molecule has 4 rings (SSSR count). The molecule has 4 aliphatic rings. The van der Waals surface area contributed by atoms with E-state index in [0.717, 1.165) is 36.8 Å². The maximum atomic E-state index is 11.1. The number of fused-ring (bicyclic) bond motifs is 1. The molecule has 0 aliphatic heterocycles. The summed E-state index contributed by atoms with van der Waals surface area (Å²) in [5.74, 6) is 0.552. The third kappa shape index (κ3) is 4.59. The first-order valence-corrected chi connectivity index (χ1v) is 12.6. The van der Waals surface area contributed by atoms with Gasteiger partial charge in [-0.05, 0) is 106 Å². The highest BCUT2D eigenvalue weighted by Gasteiger charge is 2.56. The molecule has 0 aromatic heterocycles. The number of allylic oxidation sites excluding steroid dienone is 5. The van der Waals surface area contributed by atoms with E-state index in [2.05, 4.69) is 36.9 Å². The van der Waals surface area contributed by atoms with Crippen molar-refractivity contribution in [3.63, 3.8) is 0 Å². The molecule has 32 heavy (non-hydrogen) atoms. The van der Waals surface area contributed by atoms with Crippen LogP contribution in [0.1, 0.15) is 91.4 Å². The van der Waals surface area contributed by atoms with Crippen molar-refractivity contribution in [1.29, 1.82) is 0 Å². The lowest BCUT2D eigenvalue weighted by Crippen LogP contribution is -2.33. The van der Waals surface area contributed by atoms with Crippen LogP contribution in [-0.2, 0) is 0 Å². The number of nitroso groups, excluding NO2 is 1. The van der Waals surface area contributed by atoms with Gasteiger partial charge in [0, 0.05) is 6.42 Å². The van der Waals surface area contributed by atoms with Crippen LogP contribution in [0.2, 0.25) is 0 Å². The average molecular weight is 440 g/mol. The predicted molar refractivity (Wildman–Crippen MR) is 130 cm³/mol. The number of rotatable bonds is 7. The summed E-state index contributed by atoms with van der Waals surface area (Å²) in [6.07, 6.45) is 17.7. The number of hydrogen-bond donors (Lipinski definition) is 2. The number of hydrogen-bond acceptors (Lipinski definition) is 4. The Balaban J connectivity index is 1.50. The maximum absolute atomic E-state index is 11.1. The van der Waals surface area contributed by atoms with Crippen molar-refractivity contribution in [2.75, 3.05) is 0 Å². The van der Waals surface area contributed by atoms with Gasteiger partial charge < -0.3 is 10.2 Å². The van der Waals surface area contributed by atoms with Gasteiger partial charge in [0.25, 0.3) is 0 Å². The highest BCUT2D eigenvalue weighted by Crippen LogP contribution is 2.67. The van der Waals surface area contributed by atoms with Crippen molar-refractivity contribution in [1.82, 2.24) is 0 Å². The van der Waals surface area contributed by atoms with Crippen molar-refractivity contribution in [3.05, 3.63) is 52.0 Å². The molecule has 0 spiro atoms. The van der Waals surface area contributed by atoms with Gasteiger partial charge in [0.2, 0.25) is 0 Å². The average Bonchev–Trinajstić information content (AvgIpc) is 3.40. The molecule has 0 bridgehead atoms. The summed E-state index contributed by atoms with van der Waals surface area (Å²) in [5.41, 5.74) is 4.97. The molecule has 0 saturated heterocycles. The van der Waals surface area contributed by atoms with E-state index in [0.29, 0.717) is 24.2 Å². The summed E-state index contributed by atoms with van der Waals surface area (Å²) in [7, 11) is 0. The van der Waals surface area contributed by atoms with Gasteiger partial charge in [-0.1, -0.05) is 48.1 Å². The Kier molecular flexibility index (Phi) is 6.41. The zero-order valence-corrected chi connectivity index (χ0v) is 20.2. The van der Waals surface area contributed by atoms with E-state index in [1.54, 1.807) is 5.57 Å². The van der Waals surface area contributed by atoms with Crippen LogP contribution in [0.4, 0.5) is 0 Å². The topological polar surface area (TPSA) is 69.9 Å². The van der Waals surface area contributed by atoms with E-state index in [-0.39, 0.29) is 11.5 Å². The highest BCUT2D eigenvalue weighted by molar-refractivity contribution is 5.42. The van der Waals surface area contributed by atoms with Gasteiger partial charge in [0.1, 0.15) is 0 Å². The summed E-state index contributed by atoms with van der Waals surface area (Å²) in [5, 5.41) is 23.6. The SMILES string of the molecule is C=C1/C(=C\C=C2/CCC[C@]3(C)C(C4(CCCC(C)(C)O)CC4)=CC[C@@H]23)C[C@@H](N=O)C[C@@H]1O. The molecule has 3 saturated carbocycles. The van der Waals surface area contributed by atoms with E-state index in [1.165, 1.54) is 37.7 Å². The van der Waals surface area contributed by atoms with Crippen LogP contribution in [0.25, 0.3) is 0 Å².